The van der Waals surface area contributed by atoms with E-state index < -0.39 is 17.7 Å². The molecule has 5 nitrogen and oxygen atoms in total. The fraction of sp³-hybridized carbons (Fsp3) is 0.238. The van der Waals surface area contributed by atoms with Gasteiger partial charge in [0.05, 0.1) is 0 Å². The molecule has 1 atom stereocenters. The third-order valence-corrected chi connectivity index (χ3v) is 4.16. The number of hydrogen-bond acceptors (Lipinski definition) is 5. The number of esters is 1. The van der Waals surface area contributed by atoms with E-state index in [1.807, 2.05) is 32.0 Å². The third-order valence-electron chi connectivity index (χ3n) is 4.16. The van der Waals surface area contributed by atoms with Crippen molar-refractivity contribution in [2.24, 2.45) is 0 Å². The fourth-order valence-electron chi connectivity index (χ4n) is 2.74. The summed E-state index contributed by atoms with van der Waals surface area (Å²) >= 11 is 0. The van der Waals surface area contributed by atoms with Crippen LogP contribution in [0.15, 0.2) is 51.7 Å². The van der Waals surface area contributed by atoms with E-state index in [1.54, 1.807) is 32.0 Å². The monoisotopic (exact) mass is 352 g/mol. The lowest BCUT2D eigenvalue weighted by Gasteiger charge is -2.15. The predicted molar refractivity (Wildman–Crippen MR) is 98.9 cm³/mol. The van der Waals surface area contributed by atoms with Crippen LogP contribution in [0, 0.1) is 20.8 Å². The summed E-state index contributed by atoms with van der Waals surface area (Å²) < 4.78 is 16.4. The highest BCUT2D eigenvalue weighted by Crippen LogP contribution is 2.28. The van der Waals surface area contributed by atoms with Crippen LogP contribution in [0.5, 0.6) is 11.5 Å². The molecule has 0 aliphatic heterocycles. The minimum Gasteiger partial charge on any atom is -0.479 e. The third kappa shape index (κ3) is 3.61. The van der Waals surface area contributed by atoms with Gasteiger partial charge < -0.3 is 13.9 Å². The maximum Gasteiger partial charge on any atom is 0.352 e. The normalized spacial score (nSPS) is 12.0. The largest absolute Gasteiger partial charge is 0.479 e. The Morgan fingerprint density at radius 1 is 1.08 bits per heavy atom. The molecule has 0 saturated heterocycles. The highest BCUT2D eigenvalue weighted by atomic mass is 16.6. The molecule has 0 fully saturated rings. The molecule has 134 valence electrons. The molecule has 3 rings (SSSR count). The van der Waals surface area contributed by atoms with Crippen molar-refractivity contribution in [3.63, 3.8) is 0 Å². The average molecular weight is 352 g/mol. The van der Waals surface area contributed by atoms with Crippen molar-refractivity contribution in [2.45, 2.75) is 33.8 Å². The molecular formula is C21H20O5. The number of benzene rings is 2. The zero-order valence-electron chi connectivity index (χ0n) is 15.2. The molecule has 26 heavy (non-hydrogen) atoms. The van der Waals surface area contributed by atoms with Crippen molar-refractivity contribution in [3.8, 4) is 11.5 Å². The molecule has 0 amide bonds. The van der Waals surface area contributed by atoms with E-state index in [1.165, 1.54) is 6.07 Å². The fourth-order valence-corrected chi connectivity index (χ4v) is 2.74. The van der Waals surface area contributed by atoms with Gasteiger partial charge in [-0.05, 0) is 63.1 Å². The Kier molecular flexibility index (Phi) is 4.80. The van der Waals surface area contributed by atoms with Crippen LogP contribution in [0.3, 0.4) is 0 Å². The van der Waals surface area contributed by atoms with E-state index in [2.05, 4.69) is 0 Å². The van der Waals surface area contributed by atoms with Gasteiger partial charge in [-0.2, -0.15) is 0 Å². The molecule has 1 aromatic heterocycles. The van der Waals surface area contributed by atoms with Gasteiger partial charge in [-0.25, -0.2) is 9.59 Å². The van der Waals surface area contributed by atoms with Gasteiger partial charge in [0.15, 0.2) is 6.10 Å². The van der Waals surface area contributed by atoms with Gasteiger partial charge in [0.1, 0.15) is 17.1 Å². The predicted octanol–water partition coefficient (Wildman–Crippen LogP) is 4.09. The number of aryl methyl sites for hydroxylation is 3. The minimum absolute atomic E-state index is 0.343. The van der Waals surface area contributed by atoms with Crippen LogP contribution in [0.1, 0.15) is 23.6 Å². The molecule has 0 N–H and O–H groups in total. The SMILES string of the molecule is Cc1cccc(O[C@@H](C)C(=O)Oc2ccc3c(C)cc(=O)oc3c2C)c1. The van der Waals surface area contributed by atoms with E-state index >= 15 is 0 Å². The molecule has 5 heteroatoms. The van der Waals surface area contributed by atoms with Crippen LogP contribution in [0.2, 0.25) is 0 Å². The highest BCUT2D eigenvalue weighted by molar-refractivity contribution is 5.86. The number of fused-ring (bicyclic) bond motifs is 1. The highest BCUT2D eigenvalue weighted by Gasteiger charge is 2.20. The van der Waals surface area contributed by atoms with Gasteiger partial charge in [0.25, 0.3) is 0 Å². The Morgan fingerprint density at radius 3 is 2.58 bits per heavy atom. The quantitative estimate of drug-likeness (QED) is 0.402. The van der Waals surface area contributed by atoms with E-state index in [0.29, 0.717) is 22.6 Å². The number of hydrogen-bond donors (Lipinski definition) is 0. The number of rotatable bonds is 4. The van der Waals surface area contributed by atoms with Crippen molar-refractivity contribution in [3.05, 3.63) is 69.6 Å². The van der Waals surface area contributed by atoms with Gasteiger partial charge in [-0.15, -0.1) is 0 Å². The van der Waals surface area contributed by atoms with Crippen molar-refractivity contribution in [1.82, 2.24) is 0 Å². The number of carbonyl (C=O) groups is 1. The summed E-state index contributed by atoms with van der Waals surface area (Å²) in [6.45, 7) is 7.16. The van der Waals surface area contributed by atoms with Crippen molar-refractivity contribution >= 4 is 16.9 Å². The summed E-state index contributed by atoms with van der Waals surface area (Å²) in [5.41, 5.74) is 2.44. The van der Waals surface area contributed by atoms with E-state index in [-0.39, 0.29) is 0 Å². The van der Waals surface area contributed by atoms with Crippen molar-refractivity contribution in [1.29, 1.82) is 0 Å². The Morgan fingerprint density at radius 2 is 1.85 bits per heavy atom. The summed E-state index contributed by atoms with van der Waals surface area (Å²) in [4.78, 5) is 24.0. The second-order valence-electron chi connectivity index (χ2n) is 6.31. The Bertz CT molecular complexity index is 1030. The molecule has 0 unspecified atom stereocenters. The van der Waals surface area contributed by atoms with E-state index in [4.69, 9.17) is 13.9 Å². The van der Waals surface area contributed by atoms with Crippen LogP contribution >= 0.6 is 0 Å². The topological polar surface area (TPSA) is 65.7 Å². The van der Waals surface area contributed by atoms with Crippen molar-refractivity contribution in [2.75, 3.05) is 0 Å². The standard InChI is InChI=1S/C21H20O5/c1-12-6-5-7-16(10-12)24-15(4)21(23)25-18-9-8-17-13(2)11-19(22)26-20(17)14(18)3/h5-11,15H,1-4H3/t15-/m0/s1. The smallest absolute Gasteiger partial charge is 0.352 e. The molecule has 1 heterocycles. The summed E-state index contributed by atoms with van der Waals surface area (Å²) in [5, 5.41) is 0.811. The van der Waals surface area contributed by atoms with Gasteiger partial charge in [0.2, 0.25) is 0 Å². The Balaban J connectivity index is 1.82. The van der Waals surface area contributed by atoms with Crippen LogP contribution in [-0.2, 0) is 4.79 Å². The van der Waals surface area contributed by atoms with E-state index in [9.17, 15) is 9.59 Å². The van der Waals surface area contributed by atoms with Gasteiger partial charge in [-0.1, -0.05) is 12.1 Å². The molecule has 3 aromatic rings. The molecular weight excluding hydrogens is 332 g/mol. The average Bonchev–Trinajstić information content (AvgIpc) is 2.57. The molecule has 0 radical (unpaired) electrons. The first-order valence-corrected chi connectivity index (χ1v) is 8.34. The molecule has 0 bridgehead atoms. The number of carbonyl (C=O) groups excluding carboxylic acids is 1. The van der Waals surface area contributed by atoms with Crippen LogP contribution in [0.25, 0.3) is 11.0 Å². The lowest BCUT2D eigenvalue weighted by molar-refractivity contribution is -0.141. The van der Waals surface area contributed by atoms with E-state index in [0.717, 1.165) is 16.5 Å². The summed E-state index contributed by atoms with van der Waals surface area (Å²) in [7, 11) is 0. The molecule has 0 aliphatic rings. The van der Waals surface area contributed by atoms with Crippen LogP contribution < -0.4 is 15.1 Å². The van der Waals surface area contributed by atoms with Crippen LogP contribution in [-0.4, -0.2) is 12.1 Å². The Labute approximate surface area is 151 Å². The molecule has 0 aliphatic carbocycles. The minimum atomic E-state index is -0.781. The second kappa shape index (κ2) is 7.04. The second-order valence-corrected chi connectivity index (χ2v) is 6.31. The zero-order valence-corrected chi connectivity index (χ0v) is 15.2. The lowest BCUT2D eigenvalue weighted by Crippen LogP contribution is -2.28. The lowest BCUT2D eigenvalue weighted by atomic mass is 10.1. The van der Waals surface area contributed by atoms with Crippen LogP contribution in [0.4, 0.5) is 0 Å². The first kappa shape index (κ1) is 17.7. The summed E-state index contributed by atoms with van der Waals surface area (Å²) in [6, 6.07) is 12.4. The number of ether oxygens (including phenoxy) is 2. The maximum absolute atomic E-state index is 12.4. The molecule has 2 aromatic carbocycles. The van der Waals surface area contributed by atoms with Crippen molar-refractivity contribution < 1.29 is 18.7 Å². The van der Waals surface area contributed by atoms with Gasteiger partial charge in [0, 0.05) is 17.0 Å². The van der Waals surface area contributed by atoms with Gasteiger partial charge in [-0.3, -0.25) is 0 Å². The Hall–Kier alpha value is -3.08. The zero-order chi connectivity index (χ0) is 18.8. The maximum atomic E-state index is 12.4. The first-order valence-electron chi connectivity index (χ1n) is 8.34. The molecule has 0 saturated carbocycles. The summed E-state index contributed by atoms with van der Waals surface area (Å²) in [5.74, 6) is 0.422. The molecule has 0 spiro atoms. The first-order chi connectivity index (χ1) is 12.3. The van der Waals surface area contributed by atoms with Gasteiger partial charge >= 0.3 is 11.6 Å². The summed E-state index contributed by atoms with van der Waals surface area (Å²) in [6.07, 6.45) is -0.781.